The molecule has 2 N–H and O–H groups in total. The molecule has 2 atom stereocenters. The molecule has 3 saturated heterocycles. The maximum absolute atomic E-state index is 15.0. The molecule has 3 aromatic rings. The van der Waals surface area contributed by atoms with Gasteiger partial charge in [0.1, 0.15) is 24.3 Å². The lowest BCUT2D eigenvalue weighted by Gasteiger charge is -2.43. The van der Waals surface area contributed by atoms with Gasteiger partial charge >= 0.3 is 0 Å². The number of hydrogen-bond donors (Lipinski definition) is 2. The predicted octanol–water partition coefficient (Wildman–Crippen LogP) is 2.60. The minimum absolute atomic E-state index is 0.0237. The van der Waals surface area contributed by atoms with Gasteiger partial charge in [0, 0.05) is 69.0 Å². The fraction of sp³-hybridized carbons (Fsp3) is 0.469. The fourth-order valence-electron chi connectivity index (χ4n) is 5.81. The highest BCUT2D eigenvalue weighted by Crippen LogP contribution is 2.29. The Labute approximate surface area is 262 Å². The van der Waals surface area contributed by atoms with Crippen LogP contribution in [0.5, 0.6) is 5.75 Å². The first-order valence-corrected chi connectivity index (χ1v) is 15.4. The van der Waals surface area contributed by atoms with Crippen LogP contribution in [0.3, 0.4) is 0 Å². The van der Waals surface area contributed by atoms with E-state index in [9.17, 15) is 14.4 Å². The number of carbonyl (C=O) groups is 1. The first-order valence-electron chi connectivity index (χ1n) is 15.4. The van der Waals surface area contributed by atoms with Crippen molar-refractivity contribution in [1.29, 1.82) is 5.26 Å². The van der Waals surface area contributed by atoms with Gasteiger partial charge in [-0.15, -0.1) is 0 Å². The molecule has 3 aliphatic heterocycles. The molecule has 0 unspecified atom stereocenters. The van der Waals surface area contributed by atoms with Crippen molar-refractivity contribution in [2.24, 2.45) is 0 Å². The van der Waals surface area contributed by atoms with E-state index in [-0.39, 0.29) is 23.8 Å². The van der Waals surface area contributed by atoms with Gasteiger partial charge in [0.05, 0.1) is 31.4 Å². The number of carbonyl (C=O) groups excluding carboxylic acids is 1. The molecule has 0 saturated carbocycles. The van der Waals surface area contributed by atoms with Crippen molar-refractivity contribution in [3.63, 3.8) is 0 Å². The van der Waals surface area contributed by atoms with Gasteiger partial charge in [0.25, 0.3) is 0 Å². The number of piperazine rings is 1. The topological polar surface area (TPSA) is 132 Å². The number of aromatic nitrogens is 3. The predicted molar refractivity (Wildman–Crippen MR) is 167 cm³/mol. The van der Waals surface area contributed by atoms with E-state index in [4.69, 9.17) is 9.47 Å². The fourth-order valence-corrected chi connectivity index (χ4v) is 5.81. The van der Waals surface area contributed by atoms with Gasteiger partial charge in [-0.2, -0.15) is 10.2 Å². The average Bonchev–Trinajstić information content (AvgIpc) is 3.05. The van der Waals surface area contributed by atoms with Crippen molar-refractivity contribution in [3.8, 4) is 23.2 Å². The third-order valence-corrected chi connectivity index (χ3v) is 8.57. The van der Waals surface area contributed by atoms with Gasteiger partial charge in [-0.1, -0.05) is 0 Å². The molecule has 13 heteroatoms. The number of nitrogens with zero attached hydrogens (tertiary/aromatic N) is 7. The normalized spacial score (nSPS) is 20.7. The molecular weight excluding hydrogens is 577 g/mol. The number of piperidine rings is 1. The molecule has 6 rings (SSSR count). The molecule has 45 heavy (non-hydrogen) atoms. The number of nitriles is 1. The van der Waals surface area contributed by atoms with E-state index in [1.54, 1.807) is 25.2 Å². The highest BCUT2D eigenvalue weighted by Gasteiger charge is 2.33. The summed E-state index contributed by atoms with van der Waals surface area (Å²) < 4.78 is 26.3. The van der Waals surface area contributed by atoms with Crippen LogP contribution in [0.15, 0.2) is 48.8 Å². The Hall–Kier alpha value is -4.38. The number of halogens is 1. The van der Waals surface area contributed by atoms with Crippen LogP contribution in [0, 0.1) is 11.3 Å². The molecular formula is C32H38FN9O3. The Balaban J connectivity index is 1.06. The zero-order valence-corrected chi connectivity index (χ0v) is 25.4. The van der Waals surface area contributed by atoms with Gasteiger partial charge in [-0.25, -0.2) is 14.4 Å². The zero-order chi connectivity index (χ0) is 31.2. The summed E-state index contributed by atoms with van der Waals surface area (Å²) in [6.07, 6.45) is -0.0170. The van der Waals surface area contributed by atoms with E-state index < -0.39 is 12.3 Å². The third-order valence-electron chi connectivity index (χ3n) is 8.57. The van der Waals surface area contributed by atoms with E-state index >= 15 is 0 Å². The molecule has 1 aromatic heterocycles. The molecule has 12 nitrogen and oxygen atoms in total. The molecule has 0 spiro atoms. The molecule has 0 bridgehead atoms. The lowest BCUT2D eigenvalue weighted by molar-refractivity contribution is -0.134. The Morgan fingerprint density at radius 3 is 2.60 bits per heavy atom. The Bertz CT molecular complexity index is 1510. The average molecular weight is 616 g/mol. The maximum Gasteiger partial charge on any atom is 0.230 e. The lowest BCUT2D eigenvalue weighted by atomic mass is 10.0. The minimum atomic E-state index is -1.35. The van der Waals surface area contributed by atoms with Crippen molar-refractivity contribution < 1.29 is 18.7 Å². The van der Waals surface area contributed by atoms with Crippen LogP contribution in [0.2, 0.25) is 0 Å². The van der Waals surface area contributed by atoms with E-state index in [2.05, 4.69) is 53.6 Å². The monoisotopic (exact) mass is 615 g/mol. The number of amides is 1. The van der Waals surface area contributed by atoms with Crippen molar-refractivity contribution in [2.75, 3.05) is 76.3 Å². The summed E-state index contributed by atoms with van der Waals surface area (Å²) in [5.74, 6) is 0.966. The summed E-state index contributed by atoms with van der Waals surface area (Å²) in [5, 5.41) is 16.0. The van der Waals surface area contributed by atoms with Crippen molar-refractivity contribution >= 4 is 23.2 Å². The van der Waals surface area contributed by atoms with E-state index in [0.717, 1.165) is 45.1 Å². The summed E-state index contributed by atoms with van der Waals surface area (Å²) in [5.41, 5.74) is 2.88. The third kappa shape index (κ3) is 7.30. The van der Waals surface area contributed by atoms with Gasteiger partial charge in [-0.05, 0) is 49.5 Å². The van der Waals surface area contributed by atoms with Gasteiger partial charge in [0.15, 0.2) is 12.0 Å². The van der Waals surface area contributed by atoms with E-state index in [1.807, 2.05) is 12.1 Å². The largest absolute Gasteiger partial charge is 0.486 e. The maximum atomic E-state index is 15.0. The summed E-state index contributed by atoms with van der Waals surface area (Å²) >= 11 is 0. The number of likely N-dealkylation sites (tertiary alicyclic amines) is 1. The van der Waals surface area contributed by atoms with Gasteiger partial charge in [-0.3, -0.25) is 9.69 Å². The Morgan fingerprint density at radius 2 is 1.91 bits per heavy atom. The van der Waals surface area contributed by atoms with Crippen molar-refractivity contribution in [2.45, 2.75) is 31.2 Å². The lowest BCUT2D eigenvalue weighted by Crippen LogP contribution is -2.56. The summed E-state index contributed by atoms with van der Waals surface area (Å²) in [7, 11) is 1.77. The van der Waals surface area contributed by atoms with Crippen LogP contribution < -0.4 is 20.3 Å². The van der Waals surface area contributed by atoms with Crippen molar-refractivity contribution in [1.82, 2.24) is 30.1 Å². The Kier molecular flexibility index (Phi) is 9.63. The molecule has 236 valence electrons. The first-order chi connectivity index (χ1) is 22.0. The number of anilines is 3. The van der Waals surface area contributed by atoms with E-state index in [1.165, 1.54) is 16.9 Å². The number of hydrogen-bond acceptors (Lipinski definition) is 11. The Morgan fingerprint density at radius 1 is 1.11 bits per heavy atom. The van der Waals surface area contributed by atoms with Crippen LogP contribution in [0.25, 0.3) is 11.4 Å². The second-order valence-electron chi connectivity index (χ2n) is 11.5. The molecule has 3 aliphatic rings. The molecule has 1 amide bonds. The van der Waals surface area contributed by atoms with Gasteiger partial charge < -0.3 is 29.9 Å². The summed E-state index contributed by atoms with van der Waals surface area (Å²) in [4.78, 5) is 31.8. The smallest absolute Gasteiger partial charge is 0.230 e. The summed E-state index contributed by atoms with van der Waals surface area (Å²) in [6.45, 7) is 6.68. The number of alkyl halides is 1. The van der Waals surface area contributed by atoms with Crippen LogP contribution >= 0.6 is 0 Å². The van der Waals surface area contributed by atoms with Crippen LogP contribution in [0.4, 0.5) is 21.7 Å². The second-order valence-corrected chi connectivity index (χ2v) is 11.5. The van der Waals surface area contributed by atoms with Crippen LogP contribution in [0.1, 0.15) is 18.4 Å². The second kappa shape index (κ2) is 14.2. The molecule has 4 heterocycles. The zero-order valence-electron chi connectivity index (χ0n) is 25.4. The molecule has 0 aliphatic carbocycles. The molecule has 0 radical (unpaired) electrons. The minimum Gasteiger partial charge on any atom is -0.486 e. The number of ether oxygens (including phenoxy) is 2. The highest BCUT2D eigenvalue weighted by molar-refractivity contribution is 5.76. The summed E-state index contributed by atoms with van der Waals surface area (Å²) in [6, 6.07) is 15.9. The van der Waals surface area contributed by atoms with E-state index in [0.29, 0.717) is 49.3 Å². The van der Waals surface area contributed by atoms with Gasteiger partial charge in [0.2, 0.25) is 11.9 Å². The number of rotatable bonds is 10. The standard InChI is InChI=1S/C32H38FN9O3/c1-35-10-8-30(43)42-11-9-29(27(33)18-42)45-28-7-2-22(16-23(28)17-34)31-36-21-37-32(39-31)38-24-3-5-25(6-4-24)40-12-14-41(15-13-40)26-19-44-20-26/h2-7,16,21,26-27,29,35H,8-15,18-20H2,1H3,(H,36,37,38,39)/t27-,29+/m1/s1. The quantitative estimate of drug-likeness (QED) is 0.349. The molecule has 2 aromatic carbocycles. The van der Waals surface area contributed by atoms with Crippen LogP contribution in [-0.2, 0) is 9.53 Å². The number of nitrogens with one attached hydrogen (secondary N) is 2. The molecule has 3 fully saturated rings. The van der Waals surface area contributed by atoms with Crippen molar-refractivity contribution in [3.05, 3.63) is 54.4 Å². The highest BCUT2D eigenvalue weighted by atomic mass is 19.1. The SMILES string of the molecule is CNCCC(=O)N1CC[C@H](Oc2ccc(-c3ncnc(Nc4ccc(N5CCN(C6COC6)CC5)cc4)n3)cc2C#N)[C@H](F)C1. The van der Waals surface area contributed by atoms with Crippen LogP contribution in [-0.4, -0.2) is 115 Å². The first kappa shape index (κ1) is 30.6. The number of benzene rings is 2.